The molecule has 0 aromatic heterocycles. The van der Waals surface area contributed by atoms with Gasteiger partial charge in [0.25, 0.3) is 0 Å². The van der Waals surface area contributed by atoms with Gasteiger partial charge in [0.15, 0.2) is 0 Å². The Morgan fingerprint density at radius 2 is 1.58 bits per heavy atom. The zero-order chi connectivity index (χ0) is 17.2. The van der Waals surface area contributed by atoms with Crippen molar-refractivity contribution in [2.24, 2.45) is 0 Å². The molecule has 0 amide bonds. The third kappa shape index (κ3) is 5.41. The van der Waals surface area contributed by atoms with Crippen molar-refractivity contribution < 1.29 is 9.47 Å². The van der Waals surface area contributed by atoms with Crippen LogP contribution in [0.3, 0.4) is 0 Å². The zero-order valence-corrected chi connectivity index (χ0v) is 16.5. The molecular formula is C21H29BrO2. The van der Waals surface area contributed by atoms with Crippen molar-refractivity contribution in [1.82, 2.24) is 0 Å². The summed E-state index contributed by atoms with van der Waals surface area (Å²) in [7, 11) is 0. The van der Waals surface area contributed by atoms with E-state index in [9.17, 15) is 0 Å². The highest BCUT2D eigenvalue weighted by molar-refractivity contribution is 9.09. The standard InChI is InChI=1S/C21H29BrO2/c1-3-4-14-24-21-17(2)16-20(18-11-7-8-12-19(18)21)23-15-10-6-5-9-13-22/h7-8,11-12,16H,3-6,9-10,13-15H2,1-2H3. The number of fused-ring (bicyclic) bond motifs is 1. The van der Waals surface area contributed by atoms with E-state index in [2.05, 4.69) is 60.1 Å². The highest BCUT2D eigenvalue weighted by Gasteiger charge is 2.11. The maximum Gasteiger partial charge on any atom is 0.130 e. The first-order valence-corrected chi connectivity index (χ1v) is 10.2. The van der Waals surface area contributed by atoms with E-state index in [1.54, 1.807) is 0 Å². The minimum atomic E-state index is 0.773. The molecule has 24 heavy (non-hydrogen) atoms. The van der Waals surface area contributed by atoms with Crippen LogP contribution in [0.5, 0.6) is 11.5 Å². The molecule has 2 aromatic rings. The molecular weight excluding hydrogens is 364 g/mol. The molecule has 0 unspecified atom stereocenters. The van der Waals surface area contributed by atoms with E-state index in [0.717, 1.165) is 65.6 Å². The average Bonchev–Trinajstić information content (AvgIpc) is 2.60. The monoisotopic (exact) mass is 392 g/mol. The van der Waals surface area contributed by atoms with Crippen LogP contribution in [0, 0.1) is 6.92 Å². The van der Waals surface area contributed by atoms with E-state index >= 15 is 0 Å². The maximum absolute atomic E-state index is 6.09. The predicted molar refractivity (Wildman–Crippen MR) is 107 cm³/mol. The van der Waals surface area contributed by atoms with Crippen molar-refractivity contribution in [2.75, 3.05) is 18.5 Å². The van der Waals surface area contributed by atoms with Gasteiger partial charge >= 0.3 is 0 Å². The fourth-order valence-corrected chi connectivity index (χ4v) is 3.21. The summed E-state index contributed by atoms with van der Waals surface area (Å²) < 4.78 is 12.1. The first kappa shape index (κ1) is 19.1. The number of hydrogen-bond donors (Lipinski definition) is 0. The minimum Gasteiger partial charge on any atom is -0.493 e. The van der Waals surface area contributed by atoms with Gasteiger partial charge in [-0.1, -0.05) is 66.4 Å². The maximum atomic E-state index is 6.09. The second kappa shape index (κ2) is 10.6. The summed E-state index contributed by atoms with van der Waals surface area (Å²) in [6, 6.07) is 10.5. The lowest BCUT2D eigenvalue weighted by molar-refractivity contribution is 0.302. The van der Waals surface area contributed by atoms with Crippen molar-refractivity contribution in [3.8, 4) is 11.5 Å². The van der Waals surface area contributed by atoms with Crippen molar-refractivity contribution in [1.29, 1.82) is 0 Å². The molecule has 2 rings (SSSR count). The summed E-state index contributed by atoms with van der Waals surface area (Å²) in [6.07, 6.45) is 7.06. The van der Waals surface area contributed by atoms with Gasteiger partial charge in [0.1, 0.15) is 11.5 Å². The molecule has 2 nitrogen and oxygen atoms in total. The molecule has 0 aliphatic carbocycles. The van der Waals surface area contributed by atoms with Gasteiger partial charge in [0.2, 0.25) is 0 Å². The molecule has 0 atom stereocenters. The number of unbranched alkanes of at least 4 members (excludes halogenated alkanes) is 4. The number of ether oxygens (including phenoxy) is 2. The molecule has 0 aliphatic heterocycles. The van der Waals surface area contributed by atoms with E-state index in [1.165, 1.54) is 19.3 Å². The molecule has 2 aromatic carbocycles. The lowest BCUT2D eigenvalue weighted by Gasteiger charge is -2.16. The smallest absolute Gasteiger partial charge is 0.130 e. The Balaban J connectivity index is 2.09. The van der Waals surface area contributed by atoms with Gasteiger partial charge in [-0.2, -0.15) is 0 Å². The van der Waals surface area contributed by atoms with E-state index < -0.39 is 0 Å². The van der Waals surface area contributed by atoms with Gasteiger partial charge < -0.3 is 9.47 Å². The first-order chi connectivity index (χ1) is 11.8. The van der Waals surface area contributed by atoms with Crippen LogP contribution in [0.1, 0.15) is 51.0 Å². The second-order valence-corrected chi connectivity index (χ2v) is 7.01. The fourth-order valence-electron chi connectivity index (χ4n) is 2.81. The van der Waals surface area contributed by atoms with Crippen LogP contribution in [0.15, 0.2) is 30.3 Å². The molecule has 3 heteroatoms. The third-order valence-corrected chi connectivity index (χ3v) is 4.73. The van der Waals surface area contributed by atoms with Crippen molar-refractivity contribution in [2.45, 2.75) is 52.4 Å². The van der Waals surface area contributed by atoms with Crippen LogP contribution in [0.4, 0.5) is 0 Å². The fraction of sp³-hybridized carbons (Fsp3) is 0.524. The summed E-state index contributed by atoms with van der Waals surface area (Å²) >= 11 is 3.48. The van der Waals surface area contributed by atoms with Gasteiger partial charge in [-0.3, -0.25) is 0 Å². The third-order valence-electron chi connectivity index (χ3n) is 4.17. The van der Waals surface area contributed by atoms with Gasteiger partial charge in [-0.05, 0) is 37.8 Å². The van der Waals surface area contributed by atoms with Crippen molar-refractivity contribution >= 4 is 26.7 Å². The van der Waals surface area contributed by atoms with E-state index in [-0.39, 0.29) is 0 Å². The Morgan fingerprint density at radius 1 is 0.875 bits per heavy atom. The van der Waals surface area contributed by atoms with Crippen molar-refractivity contribution in [3.63, 3.8) is 0 Å². The molecule has 0 N–H and O–H groups in total. The van der Waals surface area contributed by atoms with Crippen LogP contribution in [0.25, 0.3) is 10.8 Å². The normalized spacial score (nSPS) is 11.0. The highest BCUT2D eigenvalue weighted by atomic mass is 79.9. The molecule has 0 radical (unpaired) electrons. The molecule has 132 valence electrons. The van der Waals surface area contributed by atoms with Gasteiger partial charge in [-0.15, -0.1) is 0 Å². The SMILES string of the molecule is CCCCOc1c(C)cc(OCCCCCCBr)c2ccccc12. The topological polar surface area (TPSA) is 18.5 Å². The quantitative estimate of drug-likeness (QED) is 0.314. The Morgan fingerprint density at radius 3 is 2.33 bits per heavy atom. The summed E-state index contributed by atoms with van der Waals surface area (Å²) in [6.45, 7) is 5.84. The molecule has 0 saturated carbocycles. The average molecular weight is 393 g/mol. The summed E-state index contributed by atoms with van der Waals surface area (Å²) in [5, 5.41) is 3.40. The van der Waals surface area contributed by atoms with Gasteiger partial charge in [-0.25, -0.2) is 0 Å². The number of benzene rings is 2. The second-order valence-electron chi connectivity index (χ2n) is 6.22. The molecule has 0 aliphatic rings. The molecule has 0 saturated heterocycles. The number of alkyl halides is 1. The van der Waals surface area contributed by atoms with E-state index in [1.807, 2.05) is 0 Å². The molecule has 0 spiro atoms. The number of halogens is 1. The Hall–Kier alpha value is -1.22. The summed E-state index contributed by atoms with van der Waals surface area (Å²) in [5.41, 5.74) is 1.15. The number of aryl methyl sites for hydroxylation is 1. The molecule has 0 bridgehead atoms. The lowest BCUT2D eigenvalue weighted by Crippen LogP contribution is -2.02. The van der Waals surface area contributed by atoms with E-state index in [4.69, 9.17) is 9.47 Å². The number of hydrogen-bond acceptors (Lipinski definition) is 2. The Kier molecular flexibility index (Phi) is 8.44. The summed E-state index contributed by atoms with van der Waals surface area (Å²) in [4.78, 5) is 0. The van der Waals surface area contributed by atoms with E-state index in [0.29, 0.717) is 0 Å². The Labute approximate surface area is 154 Å². The highest BCUT2D eigenvalue weighted by Crippen LogP contribution is 2.36. The number of rotatable bonds is 11. The van der Waals surface area contributed by atoms with Crippen LogP contribution < -0.4 is 9.47 Å². The predicted octanol–water partition coefficient (Wildman–Crippen LogP) is 6.66. The van der Waals surface area contributed by atoms with Gasteiger partial charge in [0, 0.05) is 16.1 Å². The van der Waals surface area contributed by atoms with Crippen LogP contribution in [-0.4, -0.2) is 18.5 Å². The molecule has 0 fully saturated rings. The van der Waals surface area contributed by atoms with Crippen LogP contribution in [0.2, 0.25) is 0 Å². The minimum absolute atomic E-state index is 0.773. The van der Waals surface area contributed by atoms with Gasteiger partial charge in [0.05, 0.1) is 13.2 Å². The summed E-state index contributed by atoms with van der Waals surface area (Å²) in [5.74, 6) is 1.98. The van der Waals surface area contributed by atoms with Crippen molar-refractivity contribution in [3.05, 3.63) is 35.9 Å². The van der Waals surface area contributed by atoms with Crippen LogP contribution >= 0.6 is 15.9 Å². The first-order valence-electron chi connectivity index (χ1n) is 9.11. The largest absolute Gasteiger partial charge is 0.493 e. The van der Waals surface area contributed by atoms with Crippen LogP contribution in [-0.2, 0) is 0 Å². The Bertz CT molecular complexity index is 625. The lowest BCUT2D eigenvalue weighted by atomic mass is 10.0. The zero-order valence-electron chi connectivity index (χ0n) is 14.9. The molecule has 0 heterocycles.